The third-order valence-corrected chi connectivity index (χ3v) is 3.05. The van der Waals surface area contributed by atoms with Gasteiger partial charge in [-0.3, -0.25) is 9.59 Å². The van der Waals surface area contributed by atoms with Gasteiger partial charge in [0.25, 0.3) is 0 Å². The van der Waals surface area contributed by atoms with E-state index in [4.69, 9.17) is 10.2 Å². The molecule has 0 aliphatic carbocycles. The van der Waals surface area contributed by atoms with Gasteiger partial charge in [0.15, 0.2) is 0 Å². The third-order valence-electron chi connectivity index (χ3n) is 3.05. The molecule has 126 valence electrons. The van der Waals surface area contributed by atoms with Crippen molar-refractivity contribution in [2.45, 2.75) is 38.5 Å². The second-order valence-electron chi connectivity index (χ2n) is 5.00. The number of carboxylic acid groups (broad SMARTS) is 1. The van der Waals surface area contributed by atoms with Crippen LogP contribution in [-0.2, 0) is 9.59 Å². The predicted molar refractivity (Wildman–Crippen MR) is 82.5 cm³/mol. The fourth-order valence-corrected chi connectivity index (χ4v) is 1.88. The molecule has 0 atom stereocenters. The number of phenols is 3. The van der Waals surface area contributed by atoms with Gasteiger partial charge in [0.2, 0.25) is 5.91 Å². The van der Waals surface area contributed by atoms with Gasteiger partial charge in [0.05, 0.1) is 11.8 Å². The highest BCUT2D eigenvalue weighted by atomic mass is 16.4. The van der Waals surface area contributed by atoms with Gasteiger partial charge in [-0.25, -0.2) is 5.43 Å². The van der Waals surface area contributed by atoms with Crippen LogP contribution in [0.25, 0.3) is 0 Å². The van der Waals surface area contributed by atoms with Crippen LogP contribution < -0.4 is 5.43 Å². The standard InChI is InChI=1S/C15H20N2O6/c18-10-7-12(19)11(13(20)8-10)9-16-17-14(21)5-3-1-2-4-6-15(22)23/h7-9,18-20H,1-6H2,(H,17,21)(H,22,23)/b16-9+. The van der Waals surface area contributed by atoms with Crippen molar-refractivity contribution in [3.05, 3.63) is 17.7 Å². The van der Waals surface area contributed by atoms with Gasteiger partial charge in [-0.15, -0.1) is 0 Å². The first-order valence-electron chi connectivity index (χ1n) is 7.18. The molecule has 1 amide bonds. The summed E-state index contributed by atoms with van der Waals surface area (Å²) in [6, 6.07) is 2.08. The highest BCUT2D eigenvalue weighted by Crippen LogP contribution is 2.30. The van der Waals surface area contributed by atoms with E-state index in [9.17, 15) is 19.8 Å². The molecule has 0 saturated carbocycles. The molecule has 1 aromatic carbocycles. The molecule has 23 heavy (non-hydrogen) atoms. The smallest absolute Gasteiger partial charge is 0.303 e. The molecule has 1 rings (SSSR count). The van der Waals surface area contributed by atoms with Crippen molar-refractivity contribution >= 4 is 18.1 Å². The number of hydrogen-bond donors (Lipinski definition) is 5. The number of nitrogens with zero attached hydrogens (tertiary/aromatic N) is 1. The van der Waals surface area contributed by atoms with Crippen LogP contribution in [0.3, 0.4) is 0 Å². The lowest BCUT2D eigenvalue weighted by molar-refractivity contribution is -0.137. The maximum atomic E-state index is 11.5. The summed E-state index contributed by atoms with van der Waals surface area (Å²) in [5.41, 5.74) is 2.24. The second-order valence-corrected chi connectivity index (χ2v) is 5.00. The van der Waals surface area contributed by atoms with Gasteiger partial charge in [0, 0.05) is 25.0 Å². The van der Waals surface area contributed by atoms with Crippen LogP contribution in [0.2, 0.25) is 0 Å². The summed E-state index contributed by atoms with van der Waals surface area (Å²) in [4.78, 5) is 21.8. The lowest BCUT2D eigenvalue weighted by Gasteiger charge is -2.03. The van der Waals surface area contributed by atoms with Crippen LogP contribution in [-0.4, -0.2) is 38.5 Å². The number of phenolic OH excluding ortho intramolecular Hbond substituents is 3. The van der Waals surface area contributed by atoms with Gasteiger partial charge < -0.3 is 20.4 Å². The fraction of sp³-hybridized carbons (Fsp3) is 0.400. The van der Waals surface area contributed by atoms with E-state index in [2.05, 4.69) is 10.5 Å². The van der Waals surface area contributed by atoms with Crippen molar-refractivity contribution in [1.29, 1.82) is 0 Å². The average Bonchev–Trinajstić information content (AvgIpc) is 2.45. The number of aliphatic carboxylic acids is 1. The largest absolute Gasteiger partial charge is 0.508 e. The Labute approximate surface area is 133 Å². The predicted octanol–water partition coefficient (Wildman–Crippen LogP) is 1.68. The molecule has 0 fully saturated rings. The van der Waals surface area contributed by atoms with E-state index in [0.29, 0.717) is 12.8 Å². The number of aromatic hydroxyl groups is 3. The molecular weight excluding hydrogens is 304 g/mol. The van der Waals surface area contributed by atoms with E-state index in [1.165, 1.54) is 0 Å². The molecular formula is C15H20N2O6. The molecule has 0 aromatic heterocycles. The monoisotopic (exact) mass is 324 g/mol. The average molecular weight is 324 g/mol. The summed E-state index contributed by atoms with van der Waals surface area (Å²) in [7, 11) is 0. The van der Waals surface area contributed by atoms with E-state index < -0.39 is 5.97 Å². The normalized spacial score (nSPS) is 10.8. The van der Waals surface area contributed by atoms with Crippen molar-refractivity contribution < 1.29 is 30.0 Å². The van der Waals surface area contributed by atoms with Crippen LogP contribution >= 0.6 is 0 Å². The Balaban J connectivity index is 2.29. The number of hydrogen-bond acceptors (Lipinski definition) is 6. The topological polar surface area (TPSA) is 139 Å². The molecule has 0 aliphatic rings. The van der Waals surface area contributed by atoms with Gasteiger partial charge in [0.1, 0.15) is 17.2 Å². The van der Waals surface area contributed by atoms with Crippen molar-refractivity contribution in [2.24, 2.45) is 5.10 Å². The zero-order chi connectivity index (χ0) is 17.2. The van der Waals surface area contributed by atoms with E-state index >= 15 is 0 Å². The van der Waals surface area contributed by atoms with Crippen LogP contribution in [0.5, 0.6) is 17.2 Å². The van der Waals surface area contributed by atoms with E-state index in [1.54, 1.807) is 0 Å². The van der Waals surface area contributed by atoms with Crippen LogP contribution in [0.1, 0.15) is 44.1 Å². The van der Waals surface area contributed by atoms with E-state index in [1.807, 2.05) is 0 Å². The van der Waals surface area contributed by atoms with Crippen molar-refractivity contribution in [3.63, 3.8) is 0 Å². The molecule has 1 aromatic rings. The zero-order valence-electron chi connectivity index (χ0n) is 12.5. The molecule has 0 bridgehead atoms. The summed E-state index contributed by atoms with van der Waals surface area (Å²) in [5, 5.41) is 40.3. The van der Waals surface area contributed by atoms with Crippen LogP contribution in [0, 0.1) is 0 Å². The number of rotatable bonds is 9. The van der Waals surface area contributed by atoms with Crippen LogP contribution in [0.4, 0.5) is 0 Å². The molecule has 0 heterocycles. The lowest BCUT2D eigenvalue weighted by atomic mass is 10.1. The number of carboxylic acids is 1. The minimum Gasteiger partial charge on any atom is -0.508 e. The highest BCUT2D eigenvalue weighted by molar-refractivity contribution is 5.88. The third kappa shape index (κ3) is 7.16. The summed E-state index contributed by atoms with van der Waals surface area (Å²) in [6.07, 6.45) is 4.18. The SMILES string of the molecule is O=C(O)CCCCCCC(=O)N/N=C/c1c(O)cc(O)cc1O. The highest BCUT2D eigenvalue weighted by Gasteiger charge is 2.07. The van der Waals surface area contributed by atoms with Gasteiger partial charge in [-0.1, -0.05) is 12.8 Å². The first-order valence-corrected chi connectivity index (χ1v) is 7.18. The number of carbonyl (C=O) groups excluding carboxylic acids is 1. The summed E-state index contributed by atoms with van der Waals surface area (Å²) < 4.78 is 0. The number of hydrazone groups is 1. The Hall–Kier alpha value is -2.77. The van der Waals surface area contributed by atoms with Crippen molar-refractivity contribution in [3.8, 4) is 17.2 Å². The lowest BCUT2D eigenvalue weighted by Crippen LogP contribution is -2.16. The molecule has 0 spiro atoms. The fourth-order valence-electron chi connectivity index (χ4n) is 1.88. The molecule has 8 heteroatoms. The van der Waals surface area contributed by atoms with Crippen molar-refractivity contribution in [2.75, 3.05) is 0 Å². The Kier molecular flexibility index (Phi) is 7.38. The first-order chi connectivity index (χ1) is 10.9. The number of amides is 1. The molecule has 8 nitrogen and oxygen atoms in total. The van der Waals surface area contributed by atoms with Crippen LogP contribution in [0.15, 0.2) is 17.2 Å². The molecule has 0 radical (unpaired) electrons. The van der Waals surface area contributed by atoms with E-state index in [0.717, 1.165) is 31.2 Å². The molecule has 5 N–H and O–H groups in total. The van der Waals surface area contributed by atoms with Gasteiger partial charge >= 0.3 is 5.97 Å². The minimum atomic E-state index is -0.821. The molecule has 0 saturated heterocycles. The first kappa shape index (κ1) is 18.3. The number of benzene rings is 1. The molecule has 0 unspecified atom stereocenters. The number of carbonyl (C=O) groups is 2. The van der Waals surface area contributed by atoms with Gasteiger partial charge in [-0.05, 0) is 12.8 Å². The van der Waals surface area contributed by atoms with E-state index in [-0.39, 0.29) is 41.6 Å². The second kappa shape index (κ2) is 9.29. The maximum Gasteiger partial charge on any atom is 0.303 e. The summed E-state index contributed by atoms with van der Waals surface area (Å²) in [5.74, 6) is -2.16. The zero-order valence-corrected chi connectivity index (χ0v) is 12.5. The minimum absolute atomic E-state index is 0.0169. The summed E-state index contributed by atoms with van der Waals surface area (Å²) in [6.45, 7) is 0. The quantitative estimate of drug-likeness (QED) is 0.266. The Morgan fingerprint density at radius 2 is 1.57 bits per heavy atom. The summed E-state index contributed by atoms with van der Waals surface area (Å²) >= 11 is 0. The number of nitrogens with one attached hydrogen (secondary N) is 1. The maximum absolute atomic E-state index is 11.5. The number of unbranched alkanes of at least 4 members (excludes halogenated alkanes) is 3. The van der Waals surface area contributed by atoms with Gasteiger partial charge in [-0.2, -0.15) is 5.10 Å². The Morgan fingerprint density at radius 3 is 2.13 bits per heavy atom. The van der Waals surface area contributed by atoms with Crippen molar-refractivity contribution in [1.82, 2.24) is 5.43 Å². The molecule has 0 aliphatic heterocycles. The Morgan fingerprint density at radius 1 is 1.00 bits per heavy atom. The Bertz CT molecular complexity index is 562.